The van der Waals surface area contributed by atoms with E-state index in [1.807, 2.05) is 12.1 Å². The first-order chi connectivity index (χ1) is 8.96. The highest BCUT2D eigenvalue weighted by atomic mass is 16.4. The number of fused-ring (bicyclic) bond motifs is 1. The SMILES string of the molecule is Cn1c(=O)oc2ccc(C34CC(C(=O)O)(C3)C4)cc21. The van der Waals surface area contributed by atoms with Crippen molar-refractivity contribution in [3.8, 4) is 0 Å². The summed E-state index contributed by atoms with van der Waals surface area (Å²) in [5.41, 5.74) is 2.02. The first-order valence-corrected chi connectivity index (χ1v) is 6.29. The molecule has 0 saturated heterocycles. The van der Waals surface area contributed by atoms with Gasteiger partial charge in [0.15, 0.2) is 5.58 Å². The van der Waals surface area contributed by atoms with Crippen molar-refractivity contribution in [2.45, 2.75) is 24.7 Å². The predicted molar refractivity (Wildman–Crippen MR) is 67.1 cm³/mol. The molecular formula is C14H13NO4. The van der Waals surface area contributed by atoms with Crippen LogP contribution in [0, 0.1) is 5.41 Å². The molecule has 5 nitrogen and oxygen atoms in total. The maximum absolute atomic E-state index is 11.5. The standard InChI is InChI=1S/C14H13NO4/c1-15-9-4-8(2-3-10(9)19-12(15)18)13-5-14(6-13,7-13)11(16)17/h2-4H,5-7H2,1H3,(H,16,17). The van der Waals surface area contributed by atoms with Crippen LogP contribution in [0.3, 0.4) is 0 Å². The van der Waals surface area contributed by atoms with Crippen LogP contribution >= 0.6 is 0 Å². The first-order valence-electron chi connectivity index (χ1n) is 6.29. The third-order valence-electron chi connectivity index (χ3n) is 4.89. The van der Waals surface area contributed by atoms with Crippen molar-refractivity contribution in [1.29, 1.82) is 0 Å². The second-order valence-corrected chi connectivity index (χ2v) is 6.01. The molecule has 0 radical (unpaired) electrons. The molecule has 0 aliphatic heterocycles. The number of nitrogens with zero attached hydrogens (tertiary/aromatic N) is 1. The number of rotatable bonds is 2. The van der Waals surface area contributed by atoms with E-state index in [0.29, 0.717) is 24.8 Å². The van der Waals surface area contributed by atoms with E-state index in [1.54, 1.807) is 13.1 Å². The Hall–Kier alpha value is -2.04. The number of carboxylic acids is 1. The minimum atomic E-state index is -0.675. The van der Waals surface area contributed by atoms with E-state index in [-0.39, 0.29) is 11.2 Å². The van der Waals surface area contributed by atoms with Crippen LogP contribution in [0.1, 0.15) is 24.8 Å². The smallest absolute Gasteiger partial charge is 0.419 e. The zero-order valence-corrected chi connectivity index (χ0v) is 10.5. The zero-order valence-electron chi connectivity index (χ0n) is 10.5. The number of carbonyl (C=O) groups is 1. The monoisotopic (exact) mass is 259 g/mol. The van der Waals surface area contributed by atoms with Crippen LogP contribution in [-0.4, -0.2) is 15.6 Å². The Morgan fingerprint density at radius 2 is 2.05 bits per heavy atom. The summed E-state index contributed by atoms with van der Waals surface area (Å²) in [6.45, 7) is 0. The molecule has 5 heteroatoms. The molecule has 3 aliphatic carbocycles. The van der Waals surface area contributed by atoms with Gasteiger partial charge >= 0.3 is 11.7 Å². The van der Waals surface area contributed by atoms with Gasteiger partial charge in [-0.25, -0.2) is 4.79 Å². The molecule has 2 bridgehead atoms. The van der Waals surface area contributed by atoms with Gasteiger partial charge in [0, 0.05) is 7.05 Å². The molecule has 1 N–H and O–H groups in total. The molecule has 3 saturated carbocycles. The van der Waals surface area contributed by atoms with Crippen molar-refractivity contribution in [1.82, 2.24) is 4.57 Å². The van der Waals surface area contributed by atoms with Crippen LogP contribution in [0.5, 0.6) is 0 Å². The summed E-state index contributed by atoms with van der Waals surface area (Å²) in [7, 11) is 1.68. The van der Waals surface area contributed by atoms with Crippen LogP contribution in [0.2, 0.25) is 0 Å². The molecular weight excluding hydrogens is 246 g/mol. The molecule has 0 unspecified atom stereocenters. The summed E-state index contributed by atoms with van der Waals surface area (Å²) in [4.78, 5) is 22.6. The van der Waals surface area contributed by atoms with Gasteiger partial charge in [-0.3, -0.25) is 9.36 Å². The Morgan fingerprint density at radius 1 is 1.37 bits per heavy atom. The minimum Gasteiger partial charge on any atom is -0.481 e. The van der Waals surface area contributed by atoms with E-state index < -0.39 is 11.4 Å². The van der Waals surface area contributed by atoms with Gasteiger partial charge in [0.2, 0.25) is 0 Å². The lowest BCUT2D eigenvalue weighted by Crippen LogP contribution is -2.67. The summed E-state index contributed by atoms with van der Waals surface area (Å²) in [6.07, 6.45) is 2.14. The molecule has 3 aliphatic rings. The number of aromatic nitrogens is 1. The molecule has 98 valence electrons. The molecule has 1 heterocycles. The van der Waals surface area contributed by atoms with E-state index >= 15 is 0 Å². The fraction of sp³-hybridized carbons (Fsp3) is 0.429. The zero-order chi connectivity index (χ0) is 13.4. The summed E-state index contributed by atoms with van der Waals surface area (Å²) in [5.74, 6) is -1.04. The van der Waals surface area contributed by atoms with E-state index in [0.717, 1.165) is 11.1 Å². The lowest BCUT2D eigenvalue weighted by Gasteiger charge is -2.68. The van der Waals surface area contributed by atoms with Gasteiger partial charge in [-0.15, -0.1) is 0 Å². The third kappa shape index (κ3) is 1.11. The summed E-state index contributed by atoms with van der Waals surface area (Å²) >= 11 is 0. The predicted octanol–water partition coefficient (Wildman–Crippen LogP) is 1.64. The molecule has 1 aromatic carbocycles. The lowest BCUT2D eigenvalue weighted by atomic mass is 9.33. The Morgan fingerprint density at radius 3 is 2.68 bits per heavy atom. The normalized spacial score (nSPS) is 31.8. The Kier molecular flexibility index (Phi) is 1.67. The topological polar surface area (TPSA) is 72.4 Å². The van der Waals surface area contributed by atoms with Crippen molar-refractivity contribution in [2.75, 3.05) is 0 Å². The van der Waals surface area contributed by atoms with E-state index in [1.165, 1.54) is 4.57 Å². The highest BCUT2D eigenvalue weighted by Crippen LogP contribution is 2.73. The average molecular weight is 259 g/mol. The third-order valence-corrected chi connectivity index (χ3v) is 4.89. The average Bonchev–Trinajstić information content (AvgIpc) is 2.51. The minimum absolute atomic E-state index is 0.0138. The summed E-state index contributed by atoms with van der Waals surface area (Å²) in [5, 5.41) is 9.15. The van der Waals surface area contributed by atoms with E-state index in [2.05, 4.69) is 0 Å². The number of hydrogen-bond donors (Lipinski definition) is 1. The Labute approximate surface area is 108 Å². The number of oxazole rings is 1. The van der Waals surface area contributed by atoms with Crippen molar-refractivity contribution >= 4 is 17.1 Å². The van der Waals surface area contributed by atoms with Crippen LogP contribution in [0.15, 0.2) is 27.4 Å². The first kappa shape index (κ1) is 10.8. The van der Waals surface area contributed by atoms with Gasteiger partial charge < -0.3 is 9.52 Å². The van der Waals surface area contributed by atoms with Crippen molar-refractivity contribution < 1.29 is 14.3 Å². The summed E-state index contributed by atoms with van der Waals surface area (Å²) < 4.78 is 6.59. The second-order valence-electron chi connectivity index (χ2n) is 6.01. The maximum Gasteiger partial charge on any atom is 0.419 e. The highest BCUT2D eigenvalue weighted by Gasteiger charge is 2.72. The summed E-state index contributed by atoms with van der Waals surface area (Å²) in [6, 6.07) is 5.72. The van der Waals surface area contributed by atoms with Crippen LogP contribution in [0.4, 0.5) is 0 Å². The fourth-order valence-electron chi connectivity index (χ4n) is 3.78. The largest absolute Gasteiger partial charge is 0.481 e. The van der Waals surface area contributed by atoms with Gasteiger partial charge in [0.05, 0.1) is 10.9 Å². The van der Waals surface area contributed by atoms with Crippen molar-refractivity contribution in [2.24, 2.45) is 12.5 Å². The van der Waals surface area contributed by atoms with Crippen LogP contribution in [0.25, 0.3) is 11.1 Å². The maximum atomic E-state index is 11.5. The number of aliphatic carboxylic acids is 1. The van der Waals surface area contributed by atoms with E-state index in [4.69, 9.17) is 9.52 Å². The van der Waals surface area contributed by atoms with Gasteiger partial charge in [0.25, 0.3) is 0 Å². The van der Waals surface area contributed by atoms with Gasteiger partial charge in [0.1, 0.15) is 0 Å². The number of carboxylic acid groups (broad SMARTS) is 1. The molecule has 19 heavy (non-hydrogen) atoms. The van der Waals surface area contributed by atoms with Crippen molar-refractivity contribution in [3.05, 3.63) is 34.3 Å². The lowest BCUT2D eigenvalue weighted by molar-refractivity contribution is -0.194. The molecule has 5 rings (SSSR count). The number of aryl methyl sites for hydroxylation is 1. The Bertz CT molecular complexity index is 763. The number of benzene rings is 1. The quantitative estimate of drug-likeness (QED) is 0.889. The highest BCUT2D eigenvalue weighted by molar-refractivity contribution is 5.82. The Balaban J connectivity index is 1.77. The van der Waals surface area contributed by atoms with Gasteiger partial charge in [-0.2, -0.15) is 0 Å². The van der Waals surface area contributed by atoms with Gasteiger partial charge in [-0.05, 0) is 42.4 Å². The molecule has 3 fully saturated rings. The van der Waals surface area contributed by atoms with Crippen LogP contribution in [-0.2, 0) is 17.3 Å². The second kappa shape index (κ2) is 2.92. The molecule has 0 amide bonds. The van der Waals surface area contributed by atoms with Crippen LogP contribution < -0.4 is 5.76 Å². The fourth-order valence-corrected chi connectivity index (χ4v) is 3.78. The van der Waals surface area contributed by atoms with Crippen molar-refractivity contribution in [3.63, 3.8) is 0 Å². The molecule has 1 aromatic heterocycles. The molecule has 0 atom stereocenters. The van der Waals surface area contributed by atoms with Gasteiger partial charge in [-0.1, -0.05) is 6.07 Å². The molecule has 0 spiro atoms. The number of hydrogen-bond acceptors (Lipinski definition) is 3. The van der Waals surface area contributed by atoms with E-state index in [9.17, 15) is 9.59 Å². The molecule has 2 aromatic rings.